The number of nitrogens with zero attached hydrogens (tertiary/aromatic N) is 1. The lowest BCUT2D eigenvalue weighted by Gasteiger charge is -2.18. The summed E-state index contributed by atoms with van der Waals surface area (Å²) in [6.45, 7) is 0. The van der Waals surface area contributed by atoms with Crippen LogP contribution < -0.4 is 4.90 Å². The molecule has 0 aliphatic rings. The van der Waals surface area contributed by atoms with E-state index < -0.39 is 0 Å². The van der Waals surface area contributed by atoms with Crippen LogP contribution in [0.2, 0.25) is 0 Å². The molecule has 3 heteroatoms. The lowest BCUT2D eigenvalue weighted by Crippen LogP contribution is -2.14. The molecule has 0 unspecified atom stereocenters. The first-order chi connectivity index (χ1) is 8.61. The molecule has 0 saturated carbocycles. The topological polar surface area (TPSA) is 40.5 Å². The number of para-hydroxylation sites is 1. The molecule has 2 aromatic carbocycles. The van der Waals surface area contributed by atoms with Crippen LogP contribution in [0.3, 0.4) is 0 Å². The molecule has 0 atom stereocenters. The fraction of sp³-hybridized carbons (Fsp3) is 0.133. The molecule has 0 aliphatic carbocycles. The van der Waals surface area contributed by atoms with Crippen molar-refractivity contribution in [1.82, 2.24) is 0 Å². The minimum atomic E-state index is -0.0878. The molecule has 0 aliphatic heterocycles. The summed E-state index contributed by atoms with van der Waals surface area (Å²) >= 11 is 0. The number of phenols is 1. The predicted octanol–water partition coefficient (Wildman–Crippen LogP) is 2.69. The van der Waals surface area contributed by atoms with Crippen molar-refractivity contribution >= 4 is 11.5 Å². The first kappa shape index (κ1) is 12.2. The summed E-state index contributed by atoms with van der Waals surface area (Å²) in [4.78, 5) is 14.1. The Hall–Kier alpha value is -2.29. The third kappa shape index (κ3) is 2.20. The summed E-state index contributed by atoms with van der Waals surface area (Å²) < 4.78 is 0. The van der Waals surface area contributed by atoms with Crippen molar-refractivity contribution in [2.24, 2.45) is 0 Å². The van der Waals surface area contributed by atoms with Crippen LogP contribution in [0.5, 0.6) is 5.75 Å². The van der Waals surface area contributed by atoms with E-state index in [1.807, 2.05) is 18.2 Å². The van der Waals surface area contributed by atoms with Crippen molar-refractivity contribution in [2.75, 3.05) is 19.0 Å². The minimum Gasteiger partial charge on any atom is -0.506 e. The zero-order valence-electron chi connectivity index (χ0n) is 10.4. The van der Waals surface area contributed by atoms with Crippen LogP contribution in [0, 0.1) is 0 Å². The Balaban J connectivity index is 2.52. The van der Waals surface area contributed by atoms with Gasteiger partial charge in [-0.15, -0.1) is 0 Å². The number of ketones is 1. The van der Waals surface area contributed by atoms with Crippen LogP contribution in [-0.2, 0) is 0 Å². The zero-order chi connectivity index (χ0) is 13.1. The van der Waals surface area contributed by atoms with Gasteiger partial charge in [-0.25, -0.2) is 0 Å². The van der Waals surface area contributed by atoms with Gasteiger partial charge in [0.15, 0.2) is 5.78 Å². The Bertz CT molecular complexity index is 562. The highest BCUT2D eigenvalue weighted by atomic mass is 16.3. The number of rotatable bonds is 3. The van der Waals surface area contributed by atoms with Gasteiger partial charge in [0, 0.05) is 25.2 Å². The molecule has 0 bridgehead atoms. The van der Waals surface area contributed by atoms with Gasteiger partial charge in [-0.1, -0.05) is 36.4 Å². The van der Waals surface area contributed by atoms with E-state index in [0.29, 0.717) is 16.8 Å². The Morgan fingerprint density at radius 3 is 2.28 bits per heavy atom. The van der Waals surface area contributed by atoms with Gasteiger partial charge in [-0.3, -0.25) is 4.79 Å². The van der Waals surface area contributed by atoms with Crippen LogP contribution in [0.4, 0.5) is 5.69 Å². The molecule has 2 rings (SSSR count). The van der Waals surface area contributed by atoms with E-state index in [9.17, 15) is 9.90 Å². The van der Waals surface area contributed by atoms with E-state index in [2.05, 4.69) is 0 Å². The second-order valence-corrected chi connectivity index (χ2v) is 4.26. The van der Waals surface area contributed by atoms with Gasteiger partial charge in [-0.05, 0) is 12.1 Å². The fourth-order valence-electron chi connectivity index (χ4n) is 1.93. The third-order valence-corrected chi connectivity index (χ3v) is 2.74. The van der Waals surface area contributed by atoms with Gasteiger partial charge in [0.1, 0.15) is 5.75 Å². The summed E-state index contributed by atoms with van der Waals surface area (Å²) in [6, 6.07) is 14.0. The van der Waals surface area contributed by atoms with E-state index in [0.717, 1.165) is 0 Å². The average molecular weight is 241 g/mol. The number of anilines is 1. The van der Waals surface area contributed by atoms with Crippen LogP contribution in [0.25, 0.3) is 0 Å². The monoisotopic (exact) mass is 241 g/mol. The van der Waals surface area contributed by atoms with Crippen molar-refractivity contribution in [1.29, 1.82) is 0 Å². The second kappa shape index (κ2) is 4.92. The van der Waals surface area contributed by atoms with E-state index in [1.165, 1.54) is 0 Å². The lowest BCUT2D eigenvalue weighted by atomic mass is 10.0. The van der Waals surface area contributed by atoms with Gasteiger partial charge in [-0.2, -0.15) is 0 Å². The van der Waals surface area contributed by atoms with Gasteiger partial charge in [0.25, 0.3) is 0 Å². The highest BCUT2D eigenvalue weighted by Crippen LogP contribution is 2.31. The maximum Gasteiger partial charge on any atom is 0.195 e. The molecule has 0 heterocycles. The molecule has 0 amide bonds. The van der Waals surface area contributed by atoms with Crippen molar-refractivity contribution in [2.45, 2.75) is 0 Å². The average Bonchev–Trinajstić information content (AvgIpc) is 2.38. The van der Waals surface area contributed by atoms with Gasteiger partial charge in [0.05, 0.1) is 5.69 Å². The van der Waals surface area contributed by atoms with Crippen LogP contribution in [0.1, 0.15) is 15.9 Å². The Morgan fingerprint density at radius 1 is 1.00 bits per heavy atom. The summed E-state index contributed by atoms with van der Waals surface area (Å²) in [7, 11) is 3.60. The molecule has 0 radical (unpaired) electrons. The Kier molecular flexibility index (Phi) is 3.33. The van der Waals surface area contributed by atoms with Gasteiger partial charge < -0.3 is 10.0 Å². The molecule has 0 aromatic heterocycles. The van der Waals surface area contributed by atoms with Crippen LogP contribution in [0.15, 0.2) is 48.5 Å². The van der Waals surface area contributed by atoms with E-state index in [1.54, 1.807) is 49.3 Å². The quantitative estimate of drug-likeness (QED) is 0.840. The SMILES string of the molecule is CN(C)c1c(O)cccc1C(=O)c1ccccc1. The largest absolute Gasteiger partial charge is 0.506 e. The number of hydrogen-bond acceptors (Lipinski definition) is 3. The van der Waals surface area contributed by atoms with Crippen LogP contribution >= 0.6 is 0 Å². The number of carbonyl (C=O) groups excluding carboxylic acids is 1. The molecule has 2 aromatic rings. The normalized spacial score (nSPS) is 10.1. The molecule has 0 fully saturated rings. The summed E-state index contributed by atoms with van der Waals surface area (Å²) in [6.07, 6.45) is 0. The lowest BCUT2D eigenvalue weighted by molar-refractivity contribution is 0.103. The van der Waals surface area contributed by atoms with Crippen molar-refractivity contribution in [3.63, 3.8) is 0 Å². The van der Waals surface area contributed by atoms with Crippen molar-refractivity contribution < 1.29 is 9.90 Å². The molecule has 0 spiro atoms. The van der Waals surface area contributed by atoms with Gasteiger partial charge in [0.2, 0.25) is 0 Å². The molecule has 0 saturated heterocycles. The van der Waals surface area contributed by atoms with Crippen LogP contribution in [-0.4, -0.2) is 25.0 Å². The third-order valence-electron chi connectivity index (χ3n) is 2.74. The van der Waals surface area contributed by atoms with E-state index >= 15 is 0 Å². The van der Waals surface area contributed by atoms with E-state index in [4.69, 9.17) is 0 Å². The maximum absolute atomic E-state index is 12.4. The Morgan fingerprint density at radius 2 is 1.67 bits per heavy atom. The molecule has 92 valence electrons. The Labute approximate surface area is 106 Å². The van der Waals surface area contributed by atoms with Gasteiger partial charge >= 0.3 is 0 Å². The minimum absolute atomic E-state index is 0.0878. The molecule has 3 nitrogen and oxygen atoms in total. The molecular weight excluding hydrogens is 226 g/mol. The molecular formula is C15H15NO2. The number of phenolic OH excluding ortho intramolecular Hbond substituents is 1. The van der Waals surface area contributed by atoms with E-state index in [-0.39, 0.29) is 11.5 Å². The maximum atomic E-state index is 12.4. The number of hydrogen-bond donors (Lipinski definition) is 1. The summed E-state index contributed by atoms with van der Waals surface area (Å²) in [5.41, 5.74) is 1.67. The number of benzene rings is 2. The number of aromatic hydroxyl groups is 1. The highest BCUT2D eigenvalue weighted by Gasteiger charge is 2.17. The standard InChI is InChI=1S/C15H15NO2/c1-16(2)14-12(9-6-10-13(14)17)15(18)11-7-4-3-5-8-11/h3-10,17H,1-2H3. The highest BCUT2D eigenvalue weighted by molar-refractivity contribution is 6.13. The fourth-order valence-corrected chi connectivity index (χ4v) is 1.93. The summed E-state index contributed by atoms with van der Waals surface area (Å²) in [5.74, 6) is 0.0250. The van der Waals surface area contributed by atoms with Crippen molar-refractivity contribution in [3.8, 4) is 5.75 Å². The summed E-state index contributed by atoms with van der Waals surface area (Å²) in [5, 5.41) is 9.86. The first-order valence-electron chi connectivity index (χ1n) is 5.70. The predicted molar refractivity (Wildman–Crippen MR) is 72.3 cm³/mol. The zero-order valence-corrected chi connectivity index (χ0v) is 10.4. The second-order valence-electron chi connectivity index (χ2n) is 4.26. The molecule has 1 N–H and O–H groups in total. The molecule has 18 heavy (non-hydrogen) atoms. The smallest absolute Gasteiger partial charge is 0.195 e. The first-order valence-corrected chi connectivity index (χ1v) is 5.70. The van der Waals surface area contributed by atoms with Crippen molar-refractivity contribution in [3.05, 3.63) is 59.7 Å². The number of carbonyl (C=O) groups is 1.